The van der Waals surface area contributed by atoms with E-state index in [1.807, 2.05) is 0 Å². The predicted molar refractivity (Wildman–Crippen MR) is 42.9 cm³/mol. The zero-order chi connectivity index (χ0) is 8.27. The van der Waals surface area contributed by atoms with E-state index in [2.05, 4.69) is 5.32 Å². The van der Waals surface area contributed by atoms with E-state index in [0.29, 0.717) is 11.3 Å². The van der Waals surface area contributed by atoms with Gasteiger partial charge in [0.05, 0.1) is 7.05 Å². The molecule has 0 saturated heterocycles. The number of amides is 1. The largest absolute Gasteiger partial charge is 0.378 e. The Kier molecular flexibility index (Phi) is 2.11. The number of primary amides is 1. The molecule has 1 amide bonds. The van der Waals surface area contributed by atoms with Crippen LogP contribution in [0.5, 0.6) is 0 Å². The fourth-order valence-corrected chi connectivity index (χ4v) is 0.762. The standard InChI is InChI=1S/C8H8N2O/c1-10-7-4-2-3-6(5-7)8(9)11/h1-5,10H,(H2,9,11). The zero-order valence-corrected chi connectivity index (χ0v) is 5.87. The van der Waals surface area contributed by atoms with Crippen LogP contribution in [-0.2, 0) is 0 Å². The molecule has 0 fully saturated rings. The van der Waals surface area contributed by atoms with Gasteiger partial charge < -0.3 is 11.1 Å². The number of hydrogen-bond acceptors (Lipinski definition) is 2. The number of anilines is 1. The molecule has 11 heavy (non-hydrogen) atoms. The molecular formula is C8H8N2O. The molecule has 3 N–H and O–H groups in total. The van der Waals surface area contributed by atoms with Gasteiger partial charge in [0, 0.05) is 11.3 Å². The van der Waals surface area contributed by atoms with Crippen LogP contribution in [0.15, 0.2) is 24.3 Å². The Morgan fingerprint density at radius 2 is 2.27 bits per heavy atom. The summed E-state index contributed by atoms with van der Waals surface area (Å²) in [7, 11) is 5.12. The van der Waals surface area contributed by atoms with E-state index in [1.165, 1.54) is 0 Å². The van der Waals surface area contributed by atoms with Crippen LogP contribution in [0.25, 0.3) is 0 Å². The lowest BCUT2D eigenvalue weighted by atomic mass is 10.2. The minimum atomic E-state index is -0.456. The second kappa shape index (κ2) is 3.05. The molecule has 3 heteroatoms. The Bertz CT molecular complexity index is 271. The predicted octanol–water partition coefficient (Wildman–Crippen LogP) is 0.866. The van der Waals surface area contributed by atoms with E-state index in [-0.39, 0.29) is 0 Å². The van der Waals surface area contributed by atoms with Crippen molar-refractivity contribution in [3.05, 3.63) is 36.9 Å². The van der Waals surface area contributed by atoms with Crippen LogP contribution in [-0.4, -0.2) is 5.91 Å². The minimum absolute atomic E-state index is 0.445. The van der Waals surface area contributed by atoms with Gasteiger partial charge in [0.1, 0.15) is 0 Å². The van der Waals surface area contributed by atoms with Crippen LogP contribution in [0, 0.1) is 7.05 Å². The number of rotatable bonds is 2. The molecule has 0 aliphatic carbocycles. The van der Waals surface area contributed by atoms with Gasteiger partial charge in [-0.25, -0.2) is 0 Å². The van der Waals surface area contributed by atoms with E-state index in [1.54, 1.807) is 24.3 Å². The van der Waals surface area contributed by atoms with E-state index >= 15 is 0 Å². The van der Waals surface area contributed by atoms with Gasteiger partial charge in [0.25, 0.3) is 0 Å². The number of hydrogen-bond donors (Lipinski definition) is 2. The molecule has 0 unspecified atom stereocenters. The second-order valence-corrected chi connectivity index (χ2v) is 2.09. The molecule has 1 aromatic rings. The minimum Gasteiger partial charge on any atom is -0.378 e. The molecule has 2 radical (unpaired) electrons. The molecule has 0 heterocycles. The van der Waals surface area contributed by atoms with Crippen LogP contribution >= 0.6 is 0 Å². The number of carbonyl (C=O) groups is 1. The summed E-state index contributed by atoms with van der Waals surface area (Å²) in [5.74, 6) is -0.456. The van der Waals surface area contributed by atoms with Gasteiger partial charge in [-0.1, -0.05) is 6.07 Å². The number of nitrogens with one attached hydrogen (secondary N) is 1. The van der Waals surface area contributed by atoms with Crippen LogP contribution in [0.2, 0.25) is 0 Å². The molecule has 0 atom stereocenters. The molecule has 56 valence electrons. The first kappa shape index (κ1) is 7.60. The topological polar surface area (TPSA) is 55.1 Å². The summed E-state index contributed by atoms with van der Waals surface area (Å²) in [4.78, 5) is 10.6. The summed E-state index contributed by atoms with van der Waals surface area (Å²) < 4.78 is 0. The lowest BCUT2D eigenvalue weighted by Gasteiger charge is -1.99. The molecule has 0 bridgehead atoms. The van der Waals surface area contributed by atoms with Crippen molar-refractivity contribution in [2.75, 3.05) is 5.32 Å². The molecule has 0 aromatic heterocycles. The van der Waals surface area contributed by atoms with Gasteiger partial charge >= 0.3 is 0 Å². The van der Waals surface area contributed by atoms with Gasteiger partial charge in [0.2, 0.25) is 5.91 Å². The van der Waals surface area contributed by atoms with E-state index in [0.717, 1.165) is 0 Å². The fraction of sp³-hybridized carbons (Fsp3) is 0. The van der Waals surface area contributed by atoms with Crippen LogP contribution in [0.1, 0.15) is 10.4 Å². The van der Waals surface area contributed by atoms with Crippen molar-refractivity contribution in [2.45, 2.75) is 0 Å². The first-order valence-electron chi connectivity index (χ1n) is 3.10. The molecule has 0 saturated carbocycles. The number of carbonyl (C=O) groups excluding carboxylic acids is 1. The highest BCUT2D eigenvalue weighted by atomic mass is 16.1. The lowest BCUT2D eigenvalue weighted by molar-refractivity contribution is 0.100. The summed E-state index contributed by atoms with van der Waals surface area (Å²) in [5.41, 5.74) is 6.14. The highest BCUT2D eigenvalue weighted by molar-refractivity contribution is 5.93. The van der Waals surface area contributed by atoms with Crippen molar-refractivity contribution >= 4 is 11.6 Å². The molecule has 0 aliphatic rings. The van der Waals surface area contributed by atoms with Gasteiger partial charge in [0.15, 0.2) is 0 Å². The third-order valence-corrected chi connectivity index (χ3v) is 1.31. The molecular weight excluding hydrogens is 140 g/mol. The number of nitrogens with two attached hydrogens (primary N) is 1. The van der Waals surface area contributed by atoms with Gasteiger partial charge in [-0.2, -0.15) is 0 Å². The van der Waals surface area contributed by atoms with Gasteiger partial charge in [-0.15, -0.1) is 0 Å². The Morgan fingerprint density at radius 3 is 2.82 bits per heavy atom. The van der Waals surface area contributed by atoms with E-state index in [9.17, 15) is 4.79 Å². The van der Waals surface area contributed by atoms with Crippen molar-refractivity contribution in [1.82, 2.24) is 0 Å². The molecule has 1 rings (SSSR count). The molecule has 3 nitrogen and oxygen atoms in total. The average Bonchev–Trinajstić information content (AvgIpc) is 2.05. The Balaban J connectivity index is 3.01. The van der Waals surface area contributed by atoms with Crippen LogP contribution < -0.4 is 11.1 Å². The maximum absolute atomic E-state index is 10.6. The van der Waals surface area contributed by atoms with Crippen LogP contribution in [0.3, 0.4) is 0 Å². The number of benzene rings is 1. The summed E-state index contributed by atoms with van der Waals surface area (Å²) in [5, 5.41) is 2.41. The quantitative estimate of drug-likeness (QED) is 0.611. The lowest BCUT2D eigenvalue weighted by Crippen LogP contribution is -2.10. The third kappa shape index (κ3) is 1.70. The van der Waals surface area contributed by atoms with Gasteiger partial charge in [-0.3, -0.25) is 4.79 Å². The third-order valence-electron chi connectivity index (χ3n) is 1.31. The molecule has 0 spiro atoms. The molecule has 1 aromatic carbocycles. The maximum Gasteiger partial charge on any atom is 0.248 e. The highest BCUT2D eigenvalue weighted by Crippen LogP contribution is 2.08. The monoisotopic (exact) mass is 148 g/mol. The Hall–Kier alpha value is -1.51. The first-order valence-corrected chi connectivity index (χ1v) is 3.10. The van der Waals surface area contributed by atoms with Crippen molar-refractivity contribution in [1.29, 1.82) is 0 Å². The summed E-state index contributed by atoms with van der Waals surface area (Å²) >= 11 is 0. The fourth-order valence-electron chi connectivity index (χ4n) is 0.762. The Labute approximate surface area is 65.2 Å². The normalized spacial score (nSPS) is 9.18. The van der Waals surface area contributed by atoms with E-state index in [4.69, 9.17) is 12.8 Å². The zero-order valence-electron chi connectivity index (χ0n) is 5.87. The second-order valence-electron chi connectivity index (χ2n) is 2.09. The smallest absolute Gasteiger partial charge is 0.248 e. The SMILES string of the molecule is [CH]Nc1cccc(C(N)=O)c1. The first-order chi connectivity index (χ1) is 5.24. The van der Waals surface area contributed by atoms with Gasteiger partial charge in [-0.05, 0) is 18.2 Å². The van der Waals surface area contributed by atoms with Crippen molar-refractivity contribution < 1.29 is 4.79 Å². The Morgan fingerprint density at radius 1 is 1.55 bits per heavy atom. The van der Waals surface area contributed by atoms with Crippen molar-refractivity contribution in [3.63, 3.8) is 0 Å². The summed E-state index contributed by atoms with van der Waals surface area (Å²) in [6.45, 7) is 0. The highest BCUT2D eigenvalue weighted by Gasteiger charge is 1.98. The van der Waals surface area contributed by atoms with Crippen molar-refractivity contribution in [3.8, 4) is 0 Å². The summed E-state index contributed by atoms with van der Waals surface area (Å²) in [6, 6.07) is 6.66. The maximum atomic E-state index is 10.6. The molecule has 0 aliphatic heterocycles. The summed E-state index contributed by atoms with van der Waals surface area (Å²) in [6.07, 6.45) is 0. The average molecular weight is 148 g/mol. The van der Waals surface area contributed by atoms with E-state index < -0.39 is 5.91 Å². The van der Waals surface area contributed by atoms with Crippen molar-refractivity contribution in [2.24, 2.45) is 5.73 Å². The van der Waals surface area contributed by atoms with Crippen LogP contribution in [0.4, 0.5) is 5.69 Å².